The molecule has 0 radical (unpaired) electrons. The van der Waals surface area contributed by atoms with Crippen LogP contribution in [0.25, 0.3) is 0 Å². The molecule has 5 nitrogen and oxygen atoms in total. The number of carbonyl (C=O) groups is 1. The number of aromatic nitrogens is 2. The van der Waals surface area contributed by atoms with Gasteiger partial charge < -0.3 is 11.1 Å². The molecule has 1 amide bonds. The Morgan fingerprint density at radius 2 is 2.25 bits per heavy atom. The van der Waals surface area contributed by atoms with Crippen molar-refractivity contribution in [3.05, 3.63) is 11.4 Å². The van der Waals surface area contributed by atoms with Crippen LogP contribution in [-0.4, -0.2) is 28.7 Å². The van der Waals surface area contributed by atoms with Gasteiger partial charge in [-0.3, -0.25) is 9.48 Å². The third-order valence-electron chi connectivity index (χ3n) is 2.13. The Morgan fingerprint density at radius 1 is 1.62 bits per heavy atom. The number of nitrogens with one attached hydrogen (secondary N) is 1. The largest absolute Gasteiger partial charge is 0.395 e. The van der Waals surface area contributed by atoms with E-state index >= 15 is 0 Å². The number of alkyl halides is 2. The first-order chi connectivity index (χ1) is 7.47. The highest BCUT2D eigenvalue weighted by Crippen LogP contribution is 2.16. The van der Waals surface area contributed by atoms with Gasteiger partial charge in [-0.2, -0.15) is 5.10 Å². The highest BCUT2D eigenvalue weighted by Gasteiger charge is 2.19. The number of aryl methyl sites for hydroxylation is 2. The molecule has 3 N–H and O–H groups in total. The average molecular weight is 232 g/mol. The molecule has 0 aliphatic heterocycles. The molecule has 0 aliphatic carbocycles. The number of amides is 1. The van der Waals surface area contributed by atoms with Crippen molar-refractivity contribution in [2.45, 2.75) is 19.8 Å². The van der Waals surface area contributed by atoms with Crippen molar-refractivity contribution >= 4 is 11.6 Å². The maximum atomic E-state index is 11.9. The monoisotopic (exact) mass is 232 g/mol. The average Bonchev–Trinajstić information content (AvgIpc) is 2.50. The molecule has 0 atom stereocenters. The van der Waals surface area contributed by atoms with Gasteiger partial charge in [-0.1, -0.05) is 6.92 Å². The van der Waals surface area contributed by atoms with E-state index in [0.717, 1.165) is 0 Å². The first-order valence-electron chi connectivity index (χ1n) is 4.85. The Kier molecular flexibility index (Phi) is 3.81. The zero-order chi connectivity index (χ0) is 12.3. The summed E-state index contributed by atoms with van der Waals surface area (Å²) in [5.74, 6) is -0.632. The summed E-state index contributed by atoms with van der Waals surface area (Å²) >= 11 is 0. The smallest absolute Gasteiger partial charge is 0.271 e. The molecular formula is C9H14F2N4O. The number of nitrogens with zero attached hydrogens (tertiary/aromatic N) is 2. The van der Waals surface area contributed by atoms with Gasteiger partial charge in [0.15, 0.2) is 0 Å². The number of nitrogen functional groups attached to an aromatic ring is 1. The van der Waals surface area contributed by atoms with E-state index in [0.29, 0.717) is 12.1 Å². The molecule has 1 rings (SSSR count). The lowest BCUT2D eigenvalue weighted by molar-refractivity contribution is 0.0883. The Labute approximate surface area is 91.6 Å². The normalized spacial score (nSPS) is 10.8. The molecule has 0 unspecified atom stereocenters. The fourth-order valence-electron chi connectivity index (χ4n) is 1.38. The van der Waals surface area contributed by atoms with Crippen LogP contribution in [0.15, 0.2) is 0 Å². The van der Waals surface area contributed by atoms with Gasteiger partial charge in [0, 0.05) is 7.05 Å². The van der Waals surface area contributed by atoms with Crippen LogP contribution < -0.4 is 11.1 Å². The molecular weight excluding hydrogens is 218 g/mol. The van der Waals surface area contributed by atoms with Gasteiger partial charge in [-0.15, -0.1) is 0 Å². The van der Waals surface area contributed by atoms with Crippen LogP contribution >= 0.6 is 0 Å². The van der Waals surface area contributed by atoms with Gasteiger partial charge >= 0.3 is 0 Å². The van der Waals surface area contributed by atoms with Crippen LogP contribution in [0.2, 0.25) is 0 Å². The highest BCUT2D eigenvalue weighted by atomic mass is 19.3. The van der Waals surface area contributed by atoms with Gasteiger partial charge in [0.05, 0.1) is 17.9 Å². The van der Waals surface area contributed by atoms with Crippen molar-refractivity contribution in [1.29, 1.82) is 0 Å². The molecule has 1 aromatic rings. The molecule has 16 heavy (non-hydrogen) atoms. The maximum absolute atomic E-state index is 11.9. The second kappa shape index (κ2) is 4.91. The molecule has 90 valence electrons. The minimum atomic E-state index is -2.58. The van der Waals surface area contributed by atoms with Crippen molar-refractivity contribution in [2.75, 3.05) is 12.3 Å². The number of halogens is 2. The standard InChI is InChI=1S/C9H14F2N4O/c1-3-5-7(12)8(15(2)14-5)9(16)13-4-6(10)11/h6H,3-4,12H2,1-2H3,(H,13,16). The minimum absolute atomic E-state index is 0.123. The van der Waals surface area contributed by atoms with Gasteiger partial charge in [0.1, 0.15) is 5.69 Å². The topological polar surface area (TPSA) is 72.9 Å². The lowest BCUT2D eigenvalue weighted by Crippen LogP contribution is -2.30. The molecule has 0 saturated heterocycles. The summed E-state index contributed by atoms with van der Waals surface area (Å²) < 4.78 is 25.1. The third kappa shape index (κ3) is 2.47. The van der Waals surface area contributed by atoms with Crippen molar-refractivity contribution in [1.82, 2.24) is 15.1 Å². The number of rotatable bonds is 4. The van der Waals surface area contributed by atoms with Gasteiger partial charge in [0.2, 0.25) is 0 Å². The van der Waals surface area contributed by atoms with E-state index in [2.05, 4.69) is 10.4 Å². The van der Waals surface area contributed by atoms with Crippen LogP contribution in [-0.2, 0) is 13.5 Å². The van der Waals surface area contributed by atoms with Crippen molar-refractivity contribution in [2.24, 2.45) is 7.05 Å². The third-order valence-corrected chi connectivity index (χ3v) is 2.13. The second-order valence-electron chi connectivity index (χ2n) is 3.29. The zero-order valence-electron chi connectivity index (χ0n) is 9.13. The number of hydrogen-bond acceptors (Lipinski definition) is 3. The minimum Gasteiger partial charge on any atom is -0.395 e. The molecule has 0 fully saturated rings. The molecule has 1 heterocycles. The Bertz CT molecular complexity index is 389. The summed E-state index contributed by atoms with van der Waals surface area (Å²) in [5, 5.41) is 6.11. The lowest BCUT2D eigenvalue weighted by atomic mass is 10.2. The quantitative estimate of drug-likeness (QED) is 0.796. The SMILES string of the molecule is CCc1nn(C)c(C(=O)NCC(F)F)c1N. The van der Waals surface area contributed by atoms with E-state index in [1.807, 2.05) is 6.92 Å². The summed E-state index contributed by atoms with van der Waals surface area (Å²) in [6.45, 7) is 1.16. The van der Waals surface area contributed by atoms with Crippen LogP contribution in [0.5, 0.6) is 0 Å². The highest BCUT2D eigenvalue weighted by molar-refractivity contribution is 5.97. The summed E-state index contributed by atoms with van der Waals surface area (Å²) in [4.78, 5) is 11.5. The molecule has 0 bridgehead atoms. The Hall–Kier alpha value is -1.66. The Morgan fingerprint density at radius 3 is 2.69 bits per heavy atom. The van der Waals surface area contributed by atoms with Crippen LogP contribution in [0.1, 0.15) is 23.1 Å². The molecule has 1 aromatic heterocycles. The van der Waals surface area contributed by atoms with E-state index in [1.54, 1.807) is 7.05 Å². The lowest BCUT2D eigenvalue weighted by Gasteiger charge is -2.05. The molecule has 0 aliphatic rings. The molecule has 0 saturated carbocycles. The van der Waals surface area contributed by atoms with Crippen LogP contribution in [0, 0.1) is 0 Å². The fourth-order valence-corrected chi connectivity index (χ4v) is 1.38. The fraction of sp³-hybridized carbons (Fsp3) is 0.556. The summed E-state index contributed by atoms with van der Waals surface area (Å²) in [5.41, 5.74) is 6.65. The number of carbonyl (C=O) groups excluding carboxylic acids is 1. The molecule has 0 aromatic carbocycles. The van der Waals surface area contributed by atoms with E-state index in [-0.39, 0.29) is 11.4 Å². The second-order valence-corrected chi connectivity index (χ2v) is 3.29. The first-order valence-corrected chi connectivity index (χ1v) is 4.85. The van der Waals surface area contributed by atoms with E-state index < -0.39 is 18.9 Å². The summed E-state index contributed by atoms with van der Waals surface area (Å²) in [7, 11) is 1.55. The van der Waals surface area contributed by atoms with Crippen molar-refractivity contribution in [3.8, 4) is 0 Å². The van der Waals surface area contributed by atoms with E-state index in [9.17, 15) is 13.6 Å². The number of hydrogen-bond donors (Lipinski definition) is 2. The van der Waals surface area contributed by atoms with Crippen molar-refractivity contribution < 1.29 is 13.6 Å². The molecule has 7 heteroatoms. The van der Waals surface area contributed by atoms with E-state index in [1.165, 1.54) is 4.68 Å². The molecule has 0 spiro atoms. The predicted molar refractivity (Wildman–Crippen MR) is 55.3 cm³/mol. The Balaban J connectivity index is 2.86. The number of anilines is 1. The van der Waals surface area contributed by atoms with Gasteiger partial charge in [0.25, 0.3) is 12.3 Å². The predicted octanol–water partition coefficient (Wildman–Crippen LogP) is 0.560. The van der Waals surface area contributed by atoms with Gasteiger partial charge in [-0.25, -0.2) is 8.78 Å². The zero-order valence-corrected chi connectivity index (χ0v) is 9.13. The van der Waals surface area contributed by atoms with Crippen LogP contribution in [0.3, 0.4) is 0 Å². The number of nitrogens with two attached hydrogens (primary N) is 1. The van der Waals surface area contributed by atoms with Crippen molar-refractivity contribution in [3.63, 3.8) is 0 Å². The van der Waals surface area contributed by atoms with E-state index in [4.69, 9.17) is 5.73 Å². The summed E-state index contributed by atoms with van der Waals surface area (Å²) in [6, 6.07) is 0. The summed E-state index contributed by atoms with van der Waals surface area (Å²) in [6.07, 6.45) is -1.99. The maximum Gasteiger partial charge on any atom is 0.271 e. The first kappa shape index (κ1) is 12.4. The van der Waals surface area contributed by atoms with Crippen LogP contribution in [0.4, 0.5) is 14.5 Å². The van der Waals surface area contributed by atoms with Gasteiger partial charge in [-0.05, 0) is 6.42 Å².